The van der Waals surface area contributed by atoms with Crippen molar-refractivity contribution >= 4 is 64.8 Å². The van der Waals surface area contributed by atoms with E-state index < -0.39 is 20.0 Å². The van der Waals surface area contributed by atoms with Crippen molar-refractivity contribution in [3.05, 3.63) is 71.2 Å². The zero-order valence-electron chi connectivity index (χ0n) is 28.1. The summed E-state index contributed by atoms with van der Waals surface area (Å²) >= 11 is 12.1. The predicted octanol–water partition coefficient (Wildman–Crippen LogP) is 5.42. The molecule has 4 aromatic rings. The molecule has 0 aliphatic carbocycles. The molecule has 264 valence electrons. The normalized spacial score (nSPS) is 17.6. The molecule has 48 heavy (non-hydrogen) atoms. The maximum absolute atomic E-state index is 13.0. The second-order valence-electron chi connectivity index (χ2n) is 11.3. The Balaban J connectivity index is 0.000000224. The number of sulfonamides is 2. The molecule has 0 radical (unpaired) electrons. The van der Waals surface area contributed by atoms with E-state index in [0.29, 0.717) is 67.8 Å². The lowest BCUT2D eigenvalue weighted by atomic mass is 10.1. The first kappa shape index (κ1) is 40.0. The Morgan fingerprint density at radius 1 is 0.750 bits per heavy atom. The topological polar surface area (TPSA) is 134 Å². The minimum absolute atomic E-state index is 0.0383. The van der Waals surface area contributed by atoms with Crippen molar-refractivity contribution in [3.63, 3.8) is 0 Å². The number of nitrogens with zero attached hydrogens (tertiary/aromatic N) is 4. The Morgan fingerprint density at radius 2 is 1.27 bits per heavy atom. The van der Waals surface area contributed by atoms with Crippen LogP contribution in [0.25, 0.3) is 21.5 Å². The van der Waals surface area contributed by atoms with E-state index in [0.717, 1.165) is 32.2 Å². The van der Waals surface area contributed by atoms with Crippen molar-refractivity contribution in [1.29, 1.82) is 0 Å². The van der Waals surface area contributed by atoms with Crippen molar-refractivity contribution in [2.24, 2.45) is 0 Å². The number of methoxy groups -OCH3 is 1. The molecular weight excluding hydrogens is 695 g/mol. The molecule has 2 aromatic heterocycles. The highest BCUT2D eigenvalue weighted by Crippen LogP contribution is 2.32. The van der Waals surface area contributed by atoms with E-state index in [1.165, 1.54) is 10.5 Å². The fraction of sp³-hybridized carbons (Fsp3) is 0.455. The highest BCUT2D eigenvalue weighted by atomic mass is 35.5. The molecule has 0 bridgehead atoms. The van der Waals surface area contributed by atoms with Gasteiger partial charge in [0.15, 0.2) is 0 Å². The van der Waals surface area contributed by atoms with E-state index in [1.807, 2.05) is 21.0 Å². The predicted molar refractivity (Wildman–Crippen MR) is 195 cm³/mol. The number of halogens is 2. The SMILES string of the molecule is CC1CCCCN1S(=O)(=O)c1cccc2c(Cl)nccc12.CNC.COC.O=S(=O)(c1cccc2c(Cl)nccc12)N1CCCNCC1. The molecule has 1 atom stereocenters. The summed E-state index contributed by atoms with van der Waals surface area (Å²) in [5.41, 5.74) is 0. The lowest BCUT2D eigenvalue weighted by molar-refractivity contribution is 0.269. The molecule has 2 fully saturated rings. The van der Waals surface area contributed by atoms with Crippen molar-refractivity contribution in [3.8, 4) is 0 Å². The van der Waals surface area contributed by atoms with Gasteiger partial charge >= 0.3 is 0 Å². The lowest BCUT2D eigenvalue weighted by Gasteiger charge is -2.32. The highest BCUT2D eigenvalue weighted by Gasteiger charge is 2.32. The largest absolute Gasteiger partial charge is 0.388 e. The third-order valence-corrected chi connectivity index (χ3v) is 12.3. The van der Waals surface area contributed by atoms with E-state index in [-0.39, 0.29) is 6.04 Å². The average Bonchev–Trinajstić information content (AvgIpc) is 3.37. The van der Waals surface area contributed by atoms with Gasteiger partial charge in [-0.2, -0.15) is 8.61 Å². The number of nitrogens with one attached hydrogen (secondary N) is 2. The Morgan fingerprint density at radius 3 is 1.79 bits per heavy atom. The zero-order valence-corrected chi connectivity index (χ0v) is 31.3. The van der Waals surface area contributed by atoms with E-state index >= 15 is 0 Å². The van der Waals surface area contributed by atoms with Gasteiger partial charge in [-0.25, -0.2) is 26.8 Å². The van der Waals surface area contributed by atoms with Gasteiger partial charge in [-0.15, -0.1) is 0 Å². The number of ether oxygens (including phenoxy) is 1. The Labute approximate surface area is 295 Å². The van der Waals surface area contributed by atoms with Crippen LogP contribution < -0.4 is 10.6 Å². The highest BCUT2D eigenvalue weighted by molar-refractivity contribution is 7.89. The lowest BCUT2D eigenvalue weighted by Crippen LogP contribution is -2.41. The molecule has 0 amide bonds. The molecule has 1 unspecified atom stereocenters. The third kappa shape index (κ3) is 9.83. The van der Waals surface area contributed by atoms with Crippen molar-refractivity contribution in [1.82, 2.24) is 29.2 Å². The van der Waals surface area contributed by atoms with Gasteiger partial charge in [0, 0.05) is 80.4 Å². The molecule has 11 nitrogen and oxygen atoms in total. The molecule has 2 saturated heterocycles. The van der Waals surface area contributed by atoms with Crippen LogP contribution >= 0.6 is 23.2 Å². The minimum Gasteiger partial charge on any atom is -0.388 e. The summed E-state index contributed by atoms with van der Waals surface area (Å²) in [5, 5.41) is 9.20. The van der Waals surface area contributed by atoms with Crippen molar-refractivity contribution < 1.29 is 21.6 Å². The van der Waals surface area contributed by atoms with E-state index in [2.05, 4.69) is 25.3 Å². The number of rotatable bonds is 4. The molecule has 0 saturated carbocycles. The molecule has 15 heteroatoms. The number of hydrogen-bond donors (Lipinski definition) is 2. The fourth-order valence-corrected chi connectivity index (χ4v) is 9.53. The summed E-state index contributed by atoms with van der Waals surface area (Å²) in [5.74, 6) is 0. The first-order valence-corrected chi connectivity index (χ1v) is 19.4. The van der Waals surface area contributed by atoms with Gasteiger partial charge in [-0.05, 0) is 71.1 Å². The molecule has 2 N–H and O–H groups in total. The first-order valence-electron chi connectivity index (χ1n) is 15.7. The molecule has 2 aromatic carbocycles. The van der Waals surface area contributed by atoms with Crippen LogP contribution in [0.5, 0.6) is 0 Å². The van der Waals surface area contributed by atoms with Gasteiger partial charge in [-0.3, -0.25) is 0 Å². The third-order valence-electron chi connectivity index (χ3n) is 7.68. The van der Waals surface area contributed by atoms with E-state index in [4.69, 9.17) is 23.2 Å². The number of pyridine rings is 2. The standard InChI is InChI=1S/C15H17ClN2O2S.C14H16ClN3O2S.C2H7N.C2H6O/c1-11-5-2-3-10-18(11)21(19,20)14-7-4-6-13-12(14)8-9-17-15(13)16;15-14-12-3-1-4-13(11(12)5-7-17-14)21(19,20)18-9-2-6-16-8-10-18;2*1-3-2/h4,6-9,11H,2-3,5,10H2,1H3;1,3-5,7,16H,2,6,8-10H2;3H,1-2H3;1-2H3. The van der Waals surface area contributed by atoms with Gasteiger partial charge in [-0.1, -0.05) is 53.9 Å². The summed E-state index contributed by atoms with van der Waals surface area (Å²) < 4.78 is 59.2. The van der Waals surface area contributed by atoms with Crippen LogP contribution in [-0.4, -0.2) is 102 Å². The first-order chi connectivity index (χ1) is 22.9. The van der Waals surface area contributed by atoms with Crippen LogP contribution in [0, 0.1) is 0 Å². The summed E-state index contributed by atoms with van der Waals surface area (Å²) in [4.78, 5) is 8.64. The van der Waals surface area contributed by atoms with Crippen LogP contribution in [0.15, 0.2) is 70.7 Å². The second-order valence-corrected chi connectivity index (χ2v) is 15.8. The van der Waals surface area contributed by atoms with Gasteiger partial charge in [0.1, 0.15) is 10.3 Å². The van der Waals surface area contributed by atoms with Crippen molar-refractivity contribution in [2.45, 2.75) is 48.4 Å². The summed E-state index contributed by atoms with van der Waals surface area (Å²) in [6.45, 7) is 5.08. The second kappa shape index (κ2) is 19.1. The van der Waals surface area contributed by atoms with E-state index in [1.54, 1.807) is 73.3 Å². The number of benzene rings is 2. The van der Waals surface area contributed by atoms with E-state index in [9.17, 15) is 16.8 Å². The molecule has 2 aliphatic heterocycles. The Kier molecular flexibility index (Phi) is 15.9. The van der Waals surface area contributed by atoms with Gasteiger partial charge in [0.05, 0.1) is 9.79 Å². The minimum atomic E-state index is -3.52. The maximum Gasteiger partial charge on any atom is 0.243 e. The van der Waals surface area contributed by atoms with Crippen LogP contribution in [0.3, 0.4) is 0 Å². The van der Waals surface area contributed by atoms with Crippen LogP contribution in [0.2, 0.25) is 10.3 Å². The Bertz CT molecular complexity index is 1840. The number of hydrogen-bond acceptors (Lipinski definition) is 9. The molecule has 2 aliphatic rings. The van der Waals surface area contributed by atoms with Gasteiger partial charge in [0.2, 0.25) is 20.0 Å². The van der Waals surface area contributed by atoms with Gasteiger partial charge < -0.3 is 15.4 Å². The summed E-state index contributed by atoms with van der Waals surface area (Å²) in [6, 6.07) is 13.7. The smallest absolute Gasteiger partial charge is 0.243 e. The van der Waals surface area contributed by atoms with Crippen LogP contribution in [0.4, 0.5) is 0 Å². The quantitative estimate of drug-likeness (QED) is 0.263. The Hall–Kier alpha value is -2.46. The molecule has 6 rings (SSSR count). The van der Waals surface area contributed by atoms with Crippen LogP contribution in [-0.2, 0) is 24.8 Å². The summed E-state index contributed by atoms with van der Waals surface area (Å²) in [6.07, 6.45) is 6.80. The molecule has 4 heterocycles. The monoisotopic (exact) mass is 740 g/mol. The number of aromatic nitrogens is 2. The maximum atomic E-state index is 13.0. The summed E-state index contributed by atoms with van der Waals surface area (Å²) in [7, 11) is -0.0295. The zero-order chi connectivity index (χ0) is 35.3. The fourth-order valence-electron chi connectivity index (χ4n) is 5.49. The van der Waals surface area contributed by atoms with Crippen LogP contribution in [0.1, 0.15) is 32.6 Å². The number of piperidine rings is 1. The van der Waals surface area contributed by atoms with Gasteiger partial charge in [0.25, 0.3) is 0 Å². The number of fused-ring (bicyclic) bond motifs is 2. The molecular formula is C33H46Cl2N6O5S2. The molecule has 0 spiro atoms. The van der Waals surface area contributed by atoms with Crippen molar-refractivity contribution in [2.75, 3.05) is 61.0 Å². The average molecular weight is 742 g/mol.